The Hall–Kier alpha value is -3.75. The van der Waals surface area contributed by atoms with Crippen LogP contribution in [0.1, 0.15) is 44.2 Å². The molecule has 2 aromatic rings. The SMILES string of the molecule is CC(C)(C)OC(=O)NC1CC(OC(=O)O)CN(C(=O)OCC2c3ccccc3-c3ccccc32)C1. The van der Waals surface area contributed by atoms with Crippen molar-refractivity contribution in [1.82, 2.24) is 10.2 Å². The van der Waals surface area contributed by atoms with Gasteiger partial charge in [-0.15, -0.1) is 0 Å². The molecule has 1 fully saturated rings. The molecule has 1 aliphatic carbocycles. The topological polar surface area (TPSA) is 114 Å². The fourth-order valence-corrected chi connectivity index (χ4v) is 4.69. The number of carbonyl (C=O) groups excluding carboxylic acids is 2. The van der Waals surface area contributed by atoms with E-state index in [0.29, 0.717) is 0 Å². The van der Waals surface area contributed by atoms with Gasteiger partial charge in [-0.1, -0.05) is 48.5 Å². The summed E-state index contributed by atoms with van der Waals surface area (Å²) in [6.45, 7) is 5.55. The number of nitrogens with zero attached hydrogens (tertiary/aromatic N) is 1. The van der Waals surface area contributed by atoms with Crippen molar-refractivity contribution in [2.24, 2.45) is 0 Å². The van der Waals surface area contributed by atoms with Crippen LogP contribution in [0.4, 0.5) is 14.4 Å². The third-order valence-corrected chi connectivity index (χ3v) is 5.99. The van der Waals surface area contributed by atoms with Crippen LogP contribution in [0.25, 0.3) is 11.1 Å². The maximum absolute atomic E-state index is 13.0. The number of carboxylic acid groups (broad SMARTS) is 1. The Kier molecular flexibility index (Phi) is 6.86. The van der Waals surface area contributed by atoms with E-state index in [1.165, 1.54) is 4.90 Å². The number of benzene rings is 2. The van der Waals surface area contributed by atoms with Crippen molar-refractivity contribution in [3.63, 3.8) is 0 Å². The summed E-state index contributed by atoms with van der Waals surface area (Å²) in [5.74, 6) is -0.0992. The molecule has 0 bridgehead atoms. The fourth-order valence-electron chi connectivity index (χ4n) is 4.69. The van der Waals surface area contributed by atoms with E-state index >= 15 is 0 Å². The molecule has 186 valence electrons. The molecule has 1 heterocycles. The van der Waals surface area contributed by atoms with Crippen LogP contribution in [0.2, 0.25) is 0 Å². The summed E-state index contributed by atoms with van der Waals surface area (Å²) in [6.07, 6.45) is -3.27. The van der Waals surface area contributed by atoms with Gasteiger partial charge in [0.15, 0.2) is 0 Å². The molecule has 0 spiro atoms. The zero-order chi connectivity index (χ0) is 25.2. The van der Waals surface area contributed by atoms with E-state index in [0.717, 1.165) is 22.3 Å². The van der Waals surface area contributed by atoms with Gasteiger partial charge in [0.2, 0.25) is 0 Å². The lowest BCUT2D eigenvalue weighted by Gasteiger charge is -2.36. The Morgan fingerprint density at radius 3 is 2.17 bits per heavy atom. The van der Waals surface area contributed by atoms with Crippen LogP contribution in [0, 0.1) is 0 Å². The van der Waals surface area contributed by atoms with Gasteiger partial charge in [-0.25, -0.2) is 14.4 Å². The molecular formula is C26H30N2O7. The van der Waals surface area contributed by atoms with Gasteiger partial charge in [0, 0.05) is 18.9 Å². The van der Waals surface area contributed by atoms with Crippen molar-refractivity contribution in [2.45, 2.75) is 50.9 Å². The summed E-state index contributed by atoms with van der Waals surface area (Å²) in [5.41, 5.74) is 3.74. The molecule has 2 aromatic carbocycles. The van der Waals surface area contributed by atoms with Gasteiger partial charge in [-0.05, 0) is 43.0 Å². The maximum Gasteiger partial charge on any atom is 0.506 e. The fraction of sp³-hybridized carbons (Fsp3) is 0.423. The number of hydrogen-bond donors (Lipinski definition) is 2. The molecule has 9 nitrogen and oxygen atoms in total. The van der Waals surface area contributed by atoms with Crippen LogP contribution in [0.5, 0.6) is 0 Å². The third-order valence-electron chi connectivity index (χ3n) is 5.99. The maximum atomic E-state index is 13.0. The molecule has 0 radical (unpaired) electrons. The van der Waals surface area contributed by atoms with Crippen LogP contribution >= 0.6 is 0 Å². The lowest BCUT2D eigenvalue weighted by Crippen LogP contribution is -2.55. The summed E-state index contributed by atoms with van der Waals surface area (Å²) in [4.78, 5) is 37.8. The van der Waals surface area contributed by atoms with Crippen LogP contribution < -0.4 is 5.32 Å². The molecule has 1 aliphatic heterocycles. The lowest BCUT2D eigenvalue weighted by atomic mass is 9.98. The van der Waals surface area contributed by atoms with Crippen molar-refractivity contribution in [1.29, 1.82) is 0 Å². The lowest BCUT2D eigenvalue weighted by molar-refractivity contribution is -0.00161. The Bertz CT molecular complexity index is 1070. The average Bonchev–Trinajstić information content (AvgIpc) is 3.09. The van der Waals surface area contributed by atoms with Crippen molar-refractivity contribution < 1.29 is 33.7 Å². The van der Waals surface area contributed by atoms with E-state index in [1.54, 1.807) is 20.8 Å². The predicted molar refractivity (Wildman–Crippen MR) is 127 cm³/mol. The first kappa shape index (κ1) is 24.4. The molecule has 2 aliphatic rings. The standard InChI is InChI=1S/C26H30N2O7/c1-26(2,3)35-23(29)27-16-12-17(34-25(31)32)14-28(13-16)24(30)33-15-22-20-10-6-4-8-18(20)19-9-5-7-11-21(19)22/h4-11,16-17,22H,12-15H2,1-3H3,(H,27,29)(H,31,32). The number of fused-ring (bicyclic) bond motifs is 3. The van der Waals surface area contributed by atoms with Gasteiger partial charge >= 0.3 is 18.3 Å². The molecule has 0 saturated carbocycles. The average molecular weight is 483 g/mol. The smallest absolute Gasteiger partial charge is 0.450 e. The van der Waals surface area contributed by atoms with Gasteiger partial charge in [0.25, 0.3) is 0 Å². The summed E-state index contributed by atoms with van der Waals surface area (Å²) in [6, 6.07) is 15.5. The predicted octanol–water partition coefficient (Wildman–Crippen LogP) is 4.60. The zero-order valence-electron chi connectivity index (χ0n) is 20.0. The van der Waals surface area contributed by atoms with Crippen molar-refractivity contribution in [2.75, 3.05) is 19.7 Å². The van der Waals surface area contributed by atoms with Crippen LogP contribution in [-0.2, 0) is 14.2 Å². The van der Waals surface area contributed by atoms with Gasteiger partial charge in [-0.2, -0.15) is 0 Å². The molecule has 0 aromatic heterocycles. The van der Waals surface area contributed by atoms with Crippen molar-refractivity contribution in [3.8, 4) is 11.1 Å². The summed E-state index contributed by atoms with van der Waals surface area (Å²) < 4.78 is 15.9. The molecule has 2 atom stereocenters. The highest BCUT2D eigenvalue weighted by Crippen LogP contribution is 2.44. The first-order valence-electron chi connectivity index (χ1n) is 11.6. The van der Waals surface area contributed by atoms with E-state index < -0.39 is 36.1 Å². The molecule has 9 heteroatoms. The number of hydrogen-bond acceptors (Lipinski definition) is 6. The summed E-state index contributed by atoms with van der Waals surface area (Å²) >= 11 is 0. The Balaban J connectivity index is 1.44. The Morgan fingerprint density at radius 2 is 1.60 bits per heavy atom. The molecular weight excluding hydrogens is 452 g/mol. The number of carbonyl (C=O) groups is 3. The Morgan fingerprint density at radius 1 is 1.00 bits per heavy atom. The van der Waals surface area contributed by atoms with Gasteiger partial charge in [0.1, 0.15) is 18.3 Å². The van der Waals surface area contributed by atoms with Crippen LogP contribution in [0.3, 0.4) is 0 Å². The monoisotopic (exact) mass is 482 g/mol. The molecule has 35 heavy (non-hydrogen) atoms. The minimum Gasteiger partial charge on any atom is -0.450 e. The summed E-state index contributed by atoms with van der Waals surface area (Å²) in [7, 11) is 0. The highest BCUT2D eigenvalue weighted by Gasteiger charge is 2.36. The molecule has 2 amide bonds. The van der Waals surface area contributed by atoms with E-state index in [2.05, 4.69) is 17.4 Å². The zero-order valence-corrected chi connectivity index (χ0v) is 20.0. The summed E-state index contributed by atoms with van der Waals surface area (Å²) in [5, 5.41) is 11.8. The van der Waals surface area contributed by atoms with Crippen LogP contribution in [0.15, 0.2) is 48.5 Å². The quantitative estimate of drug-likeness (QED) is 0.484. The molecule has 2 unspecified atom stereocenters. The Labute approximate surface area is 204 Å². The number of alkyl carbamates (subject to hydrolysis) is 1. The van der Waals surface area contributed by atoms with Gasteiger partial charge in [-0.3, -0.25) is 0 Å². The number of likely N-dealkylation sites (tertiary alicyclic amines) is 1. The van der Waals surface area contributed by atoms with E-state index in [1.807, 2.05) is 36.4 Å². The van der Waals surface area contributed by atoms with E-state index in [9.17, 15) is 14.4 Å². The molecule has 4 rings (SSSR count). The second-order valence-electron chi connectivity index (χ2n) is 9.79. The molecule has 2 N–H and O–H groups in total. The second kappa shape index (κ2) is 9.85. The number of amides is 2. The first-order valence-corrected chi connectivity index (χ1v) is 11.6. The number of rotatable bonds is 4. The third kappa shape index (κ3) is 5.85. The largest absolute Gasteiger partial charge is 0.506 e. The van der Waals surface area contributed by atoms with Crippen molar-refractivity contribution in [3.05, 3.63) is 59.7 Å². The normalized spacial score (nSPS) is 19.3. The van der Waals surface area contributed by atoms with Crippen molar-refractivity contribution >= 4 is 18.3 Å². The number of piperidine rings is 1. The highest BCUT2D eigenvalue weighted by atomic mass is 16.7. The van der Waals surface area contributed by atoms with Crippen LogP contribution in [-0.4, -0.2) is 65.8 Å². The van der Waals surface area contributed by atoms with Gasteiger partial charge in [0.05, 0.1) is 12.6 Å². The molecule has 1 saturated heterocycles. The second-order valence-corrected chi connectivity index (χ2v) is 9.79. The van der Waals surface area contributed by atoms with E-state index in [4.69, 9.17) is 19.3 Å². The number of nitrogens with one attached hydrogen (secondary N) is 1. The minimum absolute atomic E-state index is 0.0372. The first-order chi connectivity index (χ1) is 16.6. The van der Waals surface area contributed by atoms with E-state index in [-0.39, 0.29) is 32.0 Å². The minimum atomic E-state index is -1.44. The highest BCUT2D eigenvalue weighted by molar-refractivity contribution is 5.79. The van der Waals surface area contributed by atoms with Gasteiger partial charge < -0.3 is 29.5 Å². The number of ether oxygens (including phenoxy) is 3.